The number of hydrogen-bond acceptors (Lipinski definition) is 5. The number of hydrogen-bond donors (Lipinski definition) is 2. The summed E-state index contributed by atoms with van der Waals surface area (Å²) in [4.78, 5) is 8.42. The summed E-state index contributed by atoms with van der Waals surface area (Å²) in [5, 5.41) is 3.61. The molecule has 2 heterocycles. The molecule has 3 rings (SSSR count). The maximum Gasteiger partial charge on any atom is 0.184 e. The monoisotopic (exact) mass is 390 g/mol. The van der Waals surface area contributed by atoms with E-state index in [-0.39, 0.29) is 16.4 Å². The molecular formula is C18H20F2N6S. The second kappa shape index (κ2) is 8.83. The van der Waals surface area contributed by atoms with Gasteiger partial charge >= 0.3 is 0 Å². The third-order valence-electron chi connectivity index (χ3n) is 4.27. The minimum atomic E-state index is -0.559. The van der Waals surface area contributed by atoms with E-state index in [2.05, 4.69) is 32.6 Å². The Labute approximate surface area is 161 Å². The zero-order valence-corrected chi connectivity index (χ0v) is 15.4. The van der Waals surface area contributed by atoms with Crippen LogP contribution in [0.4, 0.5) is 14.5 Å². The molecule has 0 amide bonds. The van der Waals surface area contributed by atoms with Crippen LogP contribution in [0.2, 0.25) is 0 Å². The third kappa shape index (κ3) is 5.18. The molecule has 1 aliphatic heterocycles. The maximum absolute atomic E-state index is 14.5. The van der Waals surface area contributed by atoms with Crippen molar-refractivity contribution in [2.45, 2.75) is 6.54 Å². The number of nitrogens with one attached hydrogen (secondary N) is 1. The number of nitrogens with zero attached hydrogens (tertiary/aromatic N) is 4. The van der Waals surface area contributed by atoms with Crippen molar-refractivity contribution in [1.82, 2.24) is 15.3 Å². The van der Waals surface area contributed by atoms with Gasteiger partial charge in [0, 0.05) is 50.6 Å². The van der Waals surface area contributed by atoms with Crippen molar-refractivity contribution >= 4 is 29.2 Å². The summed E-state index contributed by atoms with van der Waals surface area (Å²) in [7, 11) is 0. The predicted molar refractivity (Wildman–Crippen MR) is 106 cm³/mol. The standard InChI is InChI=1S/C18H20F2N6S/c19-15-10-17(16(20)9-13(15)11-23-24-18(21)27)26-7-5-25(6-8-26)12-14-3-1-2-4-22-14/h1-4,9-11H,5-8,12H2,(H3,21,24,27). The Hall–Kier alpha value is -2.65. The Bertz CT molecular complexity index is 822. The number of rotatable bonds is 5. The molecule has 9 heteroatoms. The van der Waals surface area contributed by atoms with E-state index in [1.807, 2.05) is 23.1 Å². The molecule has 0 spiro atoms. The minimum Gasteiger partial charge on any atom is -0.375 e. The second-order valence-corrected chi connectivity index (χ2v) is 6.58. The summed E-state index contributed by atoms with van der Waals surface area (Å²) in [5.41, 5.74) is 8.82. The van der Waals surface area contributed by atoms with Gasteiger partial charge in [-0.05, 0) is 30.4 Å². The number of anilines is 1. The first-order valence-corrected chi connectivity index (χ1v) is 8.88. The molecule has 1 aliphatic rings. The van der Waals surface area contributed by atoms with Crippen LogP contribution in [0.25, 0.3) is 0 Å². The van der Waals surface area contributed by atoms with Gasteiger partial charge < -0.3 is 10.6 Å². The van der Waals surface area contributed by atoms with E-state index in [1.165, 1.54) is 6.07 Å². The number of nitrogens with two attached hydrogens (primary N) is 1. The van der Waals surface area contributed by atoms with Gasteiger partial charge in [0.2, 0.25) is 0 Å². The topological polar surface area (TPSA) is 69.8 Å². The van der Waals surface area contributed by atoms with Crippen molar-refractivity contribution in [2.75, 3.05) is 31.1 Å². The van der Waals surface area contributed by atoms with Crippen molar-refractivity contribution < 1.29 is 8.78 Å². The molecule has 142 valence electrons. The highest BCUT2D eigenvalue weighted by Crippen LogP contribution is 2.24. The Kier molecular flexibility index (Phi) is 6.25. The van der Waals surface area contributed by atoms with Gasteiger partial charge in [0.15, 0.2) is 5.11 Å². The molecule has 0 atom stereocenters. The summed E-state index contributed by atoms with van der Waals surface area (Å²) >= 11 is 4.60. The number of pyridine rings is 1. The lowest BCUT2D eigenvalue weighted by Crippen LogP contribution is -2.46. The summed E-state index contributed by atoms with van der Waals surface area (Å²) in [6, 6.07) is 8.14. The van der Waals surface area contributed by atoms with Crippen molar-refractivity contribution in [1.29, 1.82) is 0 Å². The molecule has 27 heavy (non-hydrogen) atoms. The van der Waals surface area contributed by atoms with Gasteiger partial charge in [-0.2, -0.15) is 5.10 Å². The van der Waals surface area contributed by atoms with Crippen LogP contribution >= 0.6 is 12.2 Å². The molecule has 0 aliphatic carbocycles. The molecule has 6 nitrogen and oxygen atoms in total. The molecule has 0 bridgehead atoms. The predicted octanol–water partition coefficient (Wildman–Crippen LogP) is 1.85. The molecule has 3 N–H and O–H groups in total. The highest BCUT2D eigenvalue weighted by molar-refractivity contribution is 7.80. The first-order chi connectivity index (χ1) is 13.0. The fourth-order valence-corrected chi connectivity index (χ4v) is 2.98. The van der Waals surface area contributed by atoms with Crippen molar-refractivity contribution in [3.8, 4) is 0 Å². The highest BCUT2D eigenvalue weighted by atomic mass is 32.1. The lowest BCUT2D eigenvalue weighted by molar-refractivity contribution is 0.246. The lowest BCUT2D eigenvalue weighted by atomic mass is 10.1. The van der Waals surface area contributed by atoms with Gasteiger partial charge in [0.05, 0.1) is 17.6 Å². The van der Waals surface area contributed by atoms with Crippen LogP contribution in [0.1, 0.15) is 11.3 Å². The van der Waals surface area contributed by atoms with E-state index in [0.29, 0.717) is 13.1 Å². The summed E-state index contributed by atoms with van der Waals surface area (Å²) in [6.07, 6.45) is 2.91. The smallest absolute Gasteiger partial charge is 0.184 e. The Morgan fingerprint density at radius 2 is 2.00 bits per heavy atom. The normalized spacial score (nSPS) is 15.3. The van der Waals surface area contributed by atoms with Crippen LogP contribution in [-0.4, -0.2) is 47.4 Å². The van der Waals surface area contributed by atoms with Crippen LogP contribution in [-0.2, 0) is 6.54 Å². The summed E-state index contributed by atoms with van der Waals surface area (Å²) in [6.45, 7) is 3.47. The second-order valence-electron chi connectivity index (χ2n) is 6.14. The average molecular weight is 390 g/mol. The maximum atomic E-state index is 14.5. The summed E-state index contributed by atoms with van der Waals surface area (Å²) < 4.78 is 28.8. The van der Waals surface area contributed by atoms with Gasteiger partial charge in [0.1, 0.15) is 11.6 Å². The Balaban J connectivity index is 1.63. The molecule has 1 fully saturated rings. The number of hydrazone groups is 1. The molecule has 1 saturated heterocycles. The van der Waals surface area contributed by atoms with Crippen molar-refractivity contribution in [2.24, 2.45) is 10.8 Å². The molecule has 2 aromatic rings. The zero-order chi connectivity index (χ0) is 19.2. The Morgan fingerprint density at radius 1 is 1.22 bits per heavy atom. The van der Waals surface area contributed by atoms with E-state index in [9.17, 15) is 8.78 Å². The van der Waals surface area contributed by atoms with Gasteiger partial charge in [-0.15, -0.1) is 0 Å². The summed E-state index contributed by atoms with van der Waals surface area (Å²) in [5.74, 6) is -1.05. The number of piperazine rings is 1. The number of halogens is 2. The van der Waals surface area contributed by atoms with Crippen LogP contribution in [0.15, 0.2) is 41.6 Å². The molecule has 1 aromatic heterocycles. The fourth-order valence-electron chi connectivity index (χ4n) is 2.93. The van der Waals surface area contributed by atoms with Gasteiger partial charge in [-0.1, -0.05) is 6.07 Å². The van der Waals surface area contributed by atoms with E-state index in [4.69, 9.17) is 5.73 Å². The van der Waals surface area contributed by atoms with E-state index < -0.39 is 11.6 Å². The quantitative estimate of drug-likeness (QED) is 0.461. The van der Waals surface area contributed by atoms with Crippen LogP contribution in [0.3, 0.4) is 0 Å². The highest BCUT2D eigenvalue weighted by Gasteiger charge is 2.21. The number of thiocarbonyl (C=S) groups is 1. The molecule has 0 radical (unpaired) electrons. The first-order valence-electron chi connectivity index (χ1n) is 8.47. The van der Waals surface area contributed by atoms with Gasteiger partial charge in [0.25, 0.3) is 0 Å². The van der Waals surface area contributed by atoms with E-state index >= 15 is 0 Å². The number of benzene rings is 1. The largest absolute Gasteiger partial charge is 0.375 e. The average Bonchev–Trinajstić information content (AvgIpc) is 2.65. The molecule has 1 aromatic carbocycles. The van der Waals surface area contributed by atoms with Gasteiger partial charge in [-0.25, -0.2) is 8.78 Å². The van der Waals surface area contributed by atoms with Crippen LogP contribution in [0, 0.1) is 11.6 Å². The molecule has 0 unspecified atom stereocenters. The van der Waals surface area contributed by atoms with Crippen LogP contribution < -0.4 is 16.1 Å². The zero-order valence-electron chi connectivity index (χ0n) is 14.6. The Morgan fingerprint density at radius 3 is 2.67 bits per heavy atom. The van der Waals surface area contributed by atoms with E-state index in [0.717, 1.165) is 37.6 Å². The number of aromatic nitrogens is 1. The lowest BCUT2D eigenvalue weighted by Gasteiger charge is -2.36. The minimum absolute atomic E-state index is 0.0220. The fraction of sp³-hybridized carbons (Fsp3) is 0.278. The van der Waals surface area contributed by atoms with E-state index in [1.54, 1.807) is 6.20 Å². The van der Waals surface area contributed by atoms with Gasteiger partial charge in [-0.3, -0.25) is 15.3 Å². The van der Waals surface area contributed by atoms with Crippen LogP contribution in [0.5, 0.6) is 0 Å². The molecular weight excluding hydrogens is 370 g/mol. The SMILES string of the molecule is NC(=S)NN=Cc1cc(F)c(N2CCN(Cc3ccccn3)CC2)cc1F. The van der Waals surface area contributed by atoms with Crippen molar-refractivity contribution in [3.63, 3.8) is 0 Å². The van der Waals surface area contributed by atoms with Crippen molar-refractivity contribution in [3.05, 3.63) is 59.4 Å². The third-order valence-corrected chi connectivity index (χ3v) is 4.36. The molecule has 0 saturated carbocycles. The first kappa shape index (κ1) is 19.1.